The van der Waals surface area contributed by atoms with E-state index in [4.69, 9.17) is 0 Å². The van der Waals surface area contributed by atoms with Crippen molar-refractivity contribution in [1.82, 2.24) is 4.98 Å². The summed E-state index contributed by atoms with van der Waals surface area (Å²) in [5.41, 5.74) is 0.810. The Bertz CT molecular complexity index is 484. The number of nitrogens with one attached hydrogen (secondary N) is 1. The summed E-state index contributed by atoms with van der Waals surface area (Å²) in [6, 6.07) is 4.08. The molecule has 0 aromatic carbocycles. The Hall–Kier alpha value is -1.89. The van der Waals surface area contributed by atoms with Gasteiger partial charge in [-0.3, -0.25) is 9.78 Å². The molecule has 0 saturated heterocycles. The van der Waals surface area contributed by atoms with Gasteiger partial charge < -0.3 is 5.32 Å². The molecule has 1 amide bonds. The van der Waals surface area contributed by atoms with Gasteiger partial charge in [0.15, 0.2) is 0 Å². The van der Waals surface area contributed by atoms with Crippen LogP contribution in [0.5, 0.6) is 0 Å². The van der Waals surface area contributed by atoms with Crippen LogP contribution >= 0.6 is 0 Å². The second-order valence-electron chi connectivity index (χ2n) is 4.96. The molecule has 0 bridgehead atoms. The van der Waals surface area contributed by atoms with Crippen molar-refractivity contribution < 1.29 is 4.79 Å². The minimum absolute atomic E-state index is 0.183. The van der Waals surface area contributed by atoms with Gasteiger partial charge in [0.25, 0.3) is 0 Å². The van der Waals surface area contributed by atoms with Gasteiger partial charge in [-0.1, -0.05) is 19.3 Å². The highest BCUT2D eigenvalue weighted by molar-refractivity contribution is 5.97. The van der Waals surface area contributed by atoms with Crippen LogP contribution in [0.3, 0.4) is 0 Å². The number of nitrogens with zero attached hydrogens (tertiary/aromatic N) is 2. The Morgan fingerprint density at radius 2 is 2.11 bits per heavy atom. The van der Waals surface area contributed by atoms with Gasteiger partial charge in [-0.2, -0.15) is 5.26 Å². The van der Waals surface area contributed by atoms with Crippen molar-refractivity contribution in [1.29, 1.82) is 5.26 Å². The standard InChI is InChI=1S/C14H17N3O/c1-11-7-12(9-16-8-11)17-13(18)14(10-15)5-3-2-4-6-14/h7-9H,2-6H2,1H3,(H,17,18). The molecule has 2 rings (SSSR count). The van der Waals surface area contributed by atoms with Crippen molar-refractivity contribution in [3.63, 3.8) is 0 Å². The van der Waals surface area contributed by atoms with E-state index < -0.39 is 5.41 Å². The van der Waals surface area contributed by atoms with Crippen LogP contribution in [0, 0.1) is 23.7 Å². The van der Waals surface area contributed by atoms with Gasteiger partial charge in [0.2, 0.25) is 5.91 Å². The molecule has 0 radical (unpaired) electrons. The summed E-state index contributed by atoms with van der Waals surface area (Å²) in [5.74, 6) is -0.183. The monoisotopic (exact) mass is 243 g/mol. The number of aryl methyl sites for hydroxylation is 1. The van der Waals surface area contributed by atoms with Crippen molar-refractivity contribution in [2.24, 2.45) is 5.41 Å². The van der Waals surface area contributed by atoms with Gasteiger partial charge >= 0.3 is 0 Å². The number of amides is 1. The Morgan fingerprint density at radius 3 is 2.72 bits per heavy atom. The van der Waals surface area contributed by atoms with Crippen molar-refractivity contribution in [3.8, 4) is 6.07 Å². The number of anilines is 1. The predicted molar refractivity (Wildman–Crippen MR) is 68.7 cm³/mol. The third-order valence-corrected chi connectivity index (χ3v) is 3.49. The molecule has 1 heterocycles. The summed E-state index contributed by atoms with van der Waals surface area (Å²) in [6.45, 7) is 1.92. The number of carbonyl (C=O) groups excluding carboxylic acids is 1. The van der Waals surface area contributed by atoms with Crippen LogP contribution in [0.4, 0.5) is 5.69 Å². The lowest BCUT2D eigenvalue weighted by Gasteiger charge is -2.29. The fraction of sp³-hybridized carbons (Fsp3) is 0.500. The first kappa shape index (κ1) is 12.6. The zero-order valence-corrected chi connectivity index (χ0v) is 10.6. The molecule has 18 heavy (non-hydrogen) atoms. The lowest BCUT2D eigenvalue weighted by atomic mass is 9.74. The van der Waals surface area contributed by atoms with Crippen molar-refractivity contribution >= 4 is 11.6 Å². The highest BCUT2D eigenvalue weighted by atomic mass is 16.2. The number of aromatic nitrogens is 1. The molecule has 1 aromatic heterocycles. The highest BCUT2D eigenvalue weighted by Crippen LogP contribution is 2.36. The molecule has 1 aliphatic carbocycles. The summed E-state index contributed by atoms with van der Waals surface area (Å²) in [6.07, 6.45) is 7.68. The normalized spacial score (nSPS) is 17.8. The molecule has 0 unspecified atom stereocenters. The van der Waals surface area contributed by atoms with Crippen LogP contribution in [0.2, 0.25) is 0 Å². The molecule has 94 valence electrons. The summed E-state index contributed by atoms with van der Waals surface area (Å²) < 4.78 is 0. The third kappa shape index (κ3) is 2.51. The van der Waals surface area contributed by atoms with Gasteiger partial charge in [0, 0.05) is 6.20 Å². The number of hydrogen-bond donors (Lipinski definition) is 1. The molecule has 0 spiro atoms. The predicted octanol–water partition coefficient (Wildman–Crippen LogP) is 2.80. The van der Waals surface area contributed by atoms with E-state index in [0.29, 0.717) is 18.5 Å². The first-order valence-electron chi connectivity index (χ1n) is 6.31. The largest absolute Gasteiger partial charge is 0.323 e. The zero-order valence-electron chi connectivity index (χ0n) is 10.6. The van der Waals surface area contributed by atoms with Crippen LogP contribution in [0.1, 0.15) is 37.7 Å². The number of hydrogen-bond acceptors (Lipinski definition) is 3. The Balaban J connectivity index is 2.13. The number of pyridine rings is 1. The molecular formula is C14H17N3O. The fourth-order valence-electron chi connectivity index (χ4n) is 2.42. The SMILES string of the molecule is Cc1cncc(NC(=O)C2(C#N)CCCCC2)c1. The first-order valence-corrected chi connectivity index (χ1v) is 6.31. The van der Waals surface area contributed by atoms with E-state index in [1.807, 2.05) is 13.0 Å². The second-order valence-corrected chi connectivity index (χ2v) is 4.96. The van der Waals surface area contributed by atoms with E-state index >= 15 is 0 Å². The summed E-state index contributed by atoms with van der Waals surface area (Å²) >= 11 is 0. The van der Waals surface area contributed by atoms with E-state index in [9.17, 15) is 10.1 Å². The van der Waals surface area contributed by atoms with Crippen LogP contribution < -0.4 is 5.32 Å². The van der Waals surface area contributed by atoms with E-state index in [2.05, 4.69) is 16.4 Å². The number of carbonyl (C=O) groups is 1. The maximum atomic E-state index is 12.3. The minimum Gasteiger partial charge on any atom is -0.323 e. The molecule has 1 fully saturated rings. The molecule has 0 atom stereocenters. The van der Waals surface area contributed by atoms with Crippen LogP contribution in [0.15, 0.2) is 18.5 Å². The van der Waals surface area contributed by atoms with E-state index in [-0.39, 0.29) is 5.91 Å². The maximum Gasteiger partial charge on any atom is 0.244 e. The van der Waals surface area contributed by atoms with Crippen molar-refractivity contribution in [2.45, 2.75) is 39.0 Å². The number of rotatable bonds is 2. The van der Waals surface area contributed by atoms with Crippen LogP contribution in [0.25, 0.3) is 0 Å². The molecular weight excluding hydrogens is 226 g/mol. The zero-order chi connectivity index (χ0) is 13.0. The van der Waals surface area contributed by atoms with E-state index in [0.717, 1.165) is 24.8 Å². The van der Waals surface area contributed by atoms with Gasteiger partial charge in [-0.15, -0.1) is 0 Å². The average molecular weight is 243 g/mol. The summed E-state index contributed by atoms with van der Waals surface area (Å²) in [7, 11) is 0. The second kappa shape index (κ2) is 5.18. The Labute approximate surface area is 107 Å². The number of nitriles is 1. The molecule has 1 saturated carbocycles. The Kier molecular flexibility index (Phi) is 3.61. The van der Waals surface area contributed by atoms with Gasteiger partial charge in [0.05, 0.1) is 18.0 Å². The smallest absolute Gasteiger partial charge is 0.244 e. The molecule has 4 heteroatoms. The highest BCUT2D eigenvalue weighted by Gasteiger charge is 2.39. The van der Waals surface area contributed by atoms with Gasteiger partial charge in [-0.25, -0.2) is 0 Å². The van der Waals surface area contributed by atoms with Gasteiger partial charge in [-0.05, 0) is 31.4 Å². The van der Waals surface area contributed by atoms with Gasteiger partial charge in [0.1, 0.15) is 5.41 Å². The third-order valence-electron chi connectivity index (χ3n) is 3.49. The lowest BCUT2D eigenvalue weighted by molar-refractivity contribution is -0.124. The molecule has 1 aromatic rings. The van der Waals surface area contributed by atoms with Crippen molar-refractivity contribution in [2.75, 3.05) is 5.32 Å². The fourth-order valence-corrected chi connectivity index (χ4v) is 2.42. The maximum absolute atomic E-state index is 12.3. The topological polar surface area (TPSA) is 65.8 Å². The van der Waals surface area contributed by atoms with E-state index in [1.54, 1.807) is 12.4 Å². The molecule has 0 aliphatic heterocycles. The van der Waals surface area contributed by atoms with Crippen molar-refractivity contribution in [3.05, 3.63) is 24.0 Å². The van der Waals surface area contributed by atoms with Crippen LogP contribution in [-0.4, -0.2) is 10.9 Å². The molecule has 1 N–H and O–H groups in total. The molecule has 4 nitrogen and oxygen atoms in total. The summed E-state index contributed by atoms with van der Waals surface area (Å²) in [5, 5.41) is 12.1. The minimum atomic E-state index is -0.845. The van der Waals surface area contributed by atoms with E-state index in [1.165, 1.54) is 0 Å². The summed E-state index contributed by atoms with van der Waals surface area (Å²) in [4.78, 5) is 16.3. The quantitative estimate of drug-likeness (QED) is 0.868. The first-order chi connectivity index (χ1) is 8.66. The van der Waals surface area contributed by atoms with Crippen LogP contribution in [-0.2, 0) is 4.79 Å². The molecule has 1 aliphatic rings. The lowest BCUT2D eigenvalue weighted by Crippen LogP contribution is -2.36. The average Bonchev–Trinajstić information content (AvgIpc) is 2.39. The Morgan fingerprint density at radius 1 is 1.39 bits per heavy atom.